The van der Waals surface area contributed by atoms with E-state index in [0.29, 0.717) is 12.1 Å². The van der Waals surface area contributed by atoms with Gasteiger partial charge in [-0.25, -0.2) is 15.0 Å². The molecule has 2 saturated heterocycles. The zero-order chi connectivity index (χ0) is 24.3. The number of hydrogen-bond acceptors (Lipinski definition) is 8. The summed E-state index contributed by atoms with van der Waals surface area (Å²) in [6.45, 7) is 6.46. The van der Waals surface area contributed by atoms with Crippen molar-refractivity contribution in [1.29, 1.82) is 0 Å². The van der Waals surface area contributed by atoms with Crippen LogP contribution in [0.1, 0.15) is 38.2 Å². The molecule has 4 aromatic rings. The fourth-order valence-electron chi connectivity index (χ4n) is 5.30. The number of piperidine rings is 1. The van der Waals surface area contributed by atoms with Gasteiger partial charge in [-0.3, -0.25) is 0 Å². The number of thiazole rings is 1. The lowest BCUT2D eigenvalue weighted by Crippen LogP contribution is -2.39. The quantitative estimate of drug-likeness (QED) is 0.317. The van der Waals surface area contributed by atoms with E-state index >= 15 is 0 Å². The molecule has 3 N–H and O–H groups in total. The Balaban J connectivity index is 1.26. The van der Waals surface area contributed by atoms with Crippen molar-refractivity contribution < 1.29 is 0 Å². The highest BCUT2D eigenvalue weighted by Gasteiger charge is 2.21. The molecule has 0 saturated carbocycles. The molecule has 0 radical (unpaired) electrons. The van der Waals surface area contributed by atoms with E-state index in [0.717, 1.165) is 59.4 Å². The molecule has 0 amide bonds. The van der Waals surface area contributed by atoms with Crippen molar-refractivity contribution in [3.05, 3.63) is 59.6 Å². The summed E-state index contributed by atoms with van der Waals surface area (Å²) in [5, 5.41) is 10.7. The van der Waals surface area contributed by atoms with Crippen LogP contribution in [-0.4, -0.2) is 46.7 Å². The third kappa shape index (κ3) is 5.07. The van der Waals surface area contributed by atoms with Crippen LogP contribution in [0, 0.1) is 0 Å². The summed E-state index contributed by atoms with van der Waals surface area (Å²) in [6.07, 6.45) is 4.86. The van der Waals surface area contributed by atoms with Crippen LogP contribution in [0.3, 0.4) is 0 Å². The summed E-state index contributed by atoms with van der Waals surface area (Å²) in [6, 6.07) is 18.3. The minimum Gasteiger partial charge on any atom is -0.369 e. The van der Waals surface area contributed by atoms with Gasteiger partial charge in [0.2, 0.25) is 0 Å². The van der Waals surface area contributed by atoms with E-state index in [1.54, 1.807) is 11.3 Å². The lowest BCUT2D eigenvalue weighted by Gasteiger charge is -2.24. The Bertz CT molecular complexity index is 1330. The van der Waals surface area contributed by atoms with Crippen molar-refractivity contribution in [3.63, 3.8) is 0 Å². The Kier molecular flexibility index (Phi) is 6.81. The van der Waals surface area contributed by atoms with Gasteiger partial charge in [0, 0.05) is 42.1 Å². The Labute approximate surface area is 216 Å². The van der Waals surface area contributed by atoms with E-state index in [2.05, 4.69) is 81.3 Å². The van der Waals surface area contributed by atoms with Crippen molar-refractivity contribution in [2.24, 2.45) is 0 Å². The van der Waals surface area contributed by atoms with E-state index in [-0.39, 0.29) is 0 Å². The fraction of sp³-hybridized carbons (Fsp3) is 0.393. The van der Waals surface area contributed by atoms with Crippen LogP contribution in [0.25, 0.3) is 21.7 Å². The van der Waals surface area contributed by atoms with Crippen LogP contribution in [0.5, 0.6) is 0 Å². The molecule has 1 unspecified atom stereocenters. The summed E-state index contributed by atoms with van der Waals surface area (Å²) in [5.41, 5.74) is 7.20. The predicted octanol–water partition coefficient (Wildman–Crippen LogP) is 5.33. The zero-order valence-corrected chi connectivity index (χ0v) is 21.5. The van der Waals surface area contributed by atoms with Crippen LogP contribution in [-0.2, 0) is 6.54 Å². The largest absolute Gasteiger partial charge is 0.369 e. The minimum absolute atomic E-state index is 0.577. The number of nitrogens with zero attached hydrogens (tertiary/aromatic N) is 4. The number of hydrogen-bond donors (Lipinski definition) is 3. The topological polar surface area (TPSA) is 78.0 Å². The second-order valence-corrected chi connectivity index (χ2v) is 10.7. The van der Waals surface area contributed by atoms with Gasteiger partial charge in [-0.1, -0.05) is 24.3 Å². The molecule has 2 fully saturated rings. The Hall–Kier alpha value is -3.07. The fourth-order valence-corrected chi connectivity index (χ4v) is 5.96. The van der Waals surface area contributed by atoms with Gasteiger partial charge in [0.05, 0.1) is 5.51 Å². The average Bonchev–Trinajstić information content (AvgIpc) is 3.57. The molecule has 4 heterocycles. The molecule has 0 spiro atoms. The Morgan fingerprint density at radius 1 is 1.06 bits per heavy atom. The van der Waals surface area contributed by atoms with Crippen molar-refractivity contribution in [1.82, 2.24) is 25.6 Å². The molecule has 36 heavy (non-hydrogen) atoms. The summed E-state index contributed by atoms with van der Waals surface area (Å²) in [4.78, 5) is 17.8. The van der Waals surface area contributed by atoms with Crippen LogP contribution < -0.4 is 20.9 Å². The normalized spacial score (nSPS) is 18.7. The Morgan fingerprint density at radius 2 is 1.94 bits per heavy atom. The maximum absolute atomic E-state index is 4.95. The lowest BCUT2D eigenvalue weighted by atomic mass is 10.1. The van der Waals surface area contributed by atoms with Gasteiger partial charge in [0.1, 0.15) is 10.3 Å². The van der Waals surface area contributed by atoms with Gasteiger partial charge >= 0.3 is 0 Å². The summed E-state index contributed by atoms with van der Waals surface area (Å²) >= 11 is 1.55. The van der Waals surface area contributed by atoms with E-state index < -0.39 is 0 Å². The molecule has 0 bridgehead atoms. The van der Waals surface area contributed by atoms with Crippen molar-refractivity contribution in [3.8, 4) is 11.4 Å². The van der Waals surface area contributed by atoms with Crippen LogP contribution >= 0.6 is 11.3 Å². The van der Waals surface area contributed by atoms with Gasteiger partial charge in [-0.2, -0.15) is 0 Å². The monoisotopic (exact) mass is 499 g/mol. The number of fused-ring (bicyclic) bond motifs is 1. The Morgan fingerprint density at radius 3 is 2.81 bits per heavy atom. The molecular formula is C28H33N7S. The minimum atomic E-state index is 0.577. The predicted molar refractivity (Wildman–Crippen MR) is 149 cm³/mol. The van der Waals surface area contributed by atoms with E-state index in [4.69, 9.17) is 9.97 Å². The molecule has 2 aromatic heterocycles. The molecule has 0 aliphatic carbocycles. The molecule has 186 valence electrons. The van der Waals surface area contributed by atoms with E-state index in [9.17, 15) is 0 Å². The van der Waals surface area contributed by atoms with Crippen LogP contribution in [0.2, 0.25) is 0 Å². The van der Waals surface area contributed by atoms with Gasteiger partial charge in [0.15, 0.2) is 11.6 Å². The van der Waals surface area contributed by atoms with Crippen LogP contribution in [0.4, 0.5) is 17.2 Å². The molecule has 1 atom stereocenters. The third-order valence-corrected chi connectivity index (χ3v) is 8.03. The SMILES string of the molecule is CC1CCCN1c1cccc(Nc2nc(-c3cccc(CNC4CCNCC4)c3)nc3scnc23)c1. The summed E-state index contributed by atoms with van der Waals surface area (Å²) in [5.74, 6) is 1.48. The van der Waals surface area contributed by atoms with Gasteiger partial charge in [-0.15, -0.1) is 11.3 Å². The molecule has 2 aliphatic heterocycles. The lowest BCUT2D eigenvalue weighted by molar-refractivity contribution is 0.386. The smallest absolute Gasteiger partial charge is 0.163 e. The second kappa shape index (κ2) is 10.5. The molecule has 7 nitrogen and oxygen atoms in total. The maximum Gasteiger partial charge on any atom is 0.163 e. The average molecular weight is 500 g/mol. The first-order chi connectivity index (χ1) is 17.7. The molecule has 2 aliphatic rings. The highest BCUT2D eigenvalue weighted by Crippen LogP contribution is 2.31. The van der Waals surface area contributed by atoms with Gasteiger partial charge in [-0.05, 0) is 75.5 Å². The zero-order valence-electron chi connectivity index (χ0n) is 20.7. The number of rotatable bonds is 7. The van der Waals surface area contributed by atoms with E-state index in [1.807, 2.05) is 5.51 Å². The summed E-state index contributed by atoms with van der Waals surface area (Å²) in [7, 11) is 0. The highest BCUT2D eigenvalue weighted by atomic mass is 32.1. The number of anilines is 3. The van der Waals surface area contributed by atoms with E-state index in [1.165, 1.54) is 36.9 Å². The van der Waals surface area contributed by atoms with Crippen molar-refractivity contribution >= 4 is 38.9 Å². The number of aromatic nitrogens is 3. The molecular weight excluding hydrogens is 466 g/mol. The number of benzene rings is 2. The molecule has 2 aromatic carbocycles. The number of nitrogens with one attached hydrogen (secondary N) is 3. The first-order valence-electron chi connectivity index (χ1n) is 13.0. The van der Waals surface area contributed by atoms with Crippen molar-refractivity contribution in [2.75, 3.05) is 29.9 Å². The highest BCUT2D eigenvalue weighted by molar-refractivity contribution is 7.16. The first-order valence-corrected chi connectivity index (χ1v) is 13.9. The maximum atomic E-state index is 4.95. The van der Waals surface area contributed by atoms with Gasteiger partial charge in [0.25, 0.3) is 0 Å². The molecule has 8 heteroatoms. The molecule has 6 rings (SSSR count). The second-order valence-electron chi connectivity index (χ2n) is 9.87. The third-order valence-electron chi connectivity index (χ3n) is 7.31. The first kappa shape index (κ1) is 23.3. The summed E-state index contributed by atoms with van der Waals surface area (Å²) < 4.78 is 0. The van der Waals surface area contributed by atoms with Crippen LogP contribution in [0.15, 0.2) is 54.0 Å². The van der Waals surface area contributed by atoms with Gasteiger partial charge < -0.3 is 20.9 Å². The van der Waals surface area contributed by atoms with Crippen molar-refractivity contribution in [2.45, 2.75) is 51.2 Å². The standard InChI is InChI=1S/C28H33N7S/c1-19-5-4-14-35(19)24-9-3-8-23(16-24)32-27-25-28(36-18-31-25)34-26(33-27)21-7-2-6-20(15-21)17-30-22-10-12-29-13-11-22/h2-3,6-9,15-16,18-19,22,29-30H,4-5,10-14,17H2,1H3,(H,32,33,34).